The van der Waals surface area contributed by atoms with E-state index < -0.39 is 5.97 Å². The Morgan fingerprint density at radius 1 is 1.24 bits per heavy atom. The van der Waals surface area contributed by atoms with Crippen molar-refractivity contribution >= 4 is 12.2 Å². The van der Waals surface area contributed by atoms with Gasteiger partial charge < -0.3 is 4.74 Å². The molecule has 110 valence electrons. The molecule has 0 saturated carbocycles. The molecule has 0 N–H and O–H groups in total. The van der Waals surface area contributed by atoms with Crippen LogP contribution in [0.3, 0.4) is 0 Å². The van der Waals surface area contributed by atoms with Gasteiger partial charge in [0.1, 0.15) is 6.33 Å². The van der Waals surface area contributed by atoms with Crippen LogP contribution in [0.25, 0.3) is 17.6 Å². The predicted molar refractivity (Wildman–Crippen MR) is 81.5 cm³/mol. The van der Waals surface area contributed by atoms with Crippen LogP contribution in [0.2, 0.25) is 0 Å². The molecule has 0 aliphatic rings. The number of ether oxygens (including phenoxy) is 1. The second kappa shape index (κ2) is 6.35. The first kappa shape index (κ1) is 15.0. The van der Waals surface area contributed by atoms with Crippen LogP contribution in [0.4, 0.5) is 0 Å². The molecule has 0 aliphatic heterocycles. The van der Waals surface area contributed by atoms with E-state index in [1.165, 1.54) is 17.0 Å². The minimum absolute atomic E-state index is 0.135. The monoisotopic (exact) mass is 285 g/mol. The van der Waals surface area contributed by atoms with Gasteiger partial charge in [-0.1, -0.05) is 17.2 Å². The fourth-order valence-corrected chi connectivity index (χ4v) is 1.99. The van der Waals surface area contributed by atoms with Gasteiger partial charge in [-0.25, -0.2) is 14.5 Å². The molecule has 0 bridgehead atoms. The molecule has 1 aromatic carbocycles. The van der Waals surface area contributed by atoms with Gasteiger partial charge in [0.25, 0.3) is 0 Å². The first-order valence-electron chi connectivity index (χ1n) is 6.82. The summed E-state index contributed by atoms with van der Waals surface area (Å²) in [5.41, 5.74) is 3.29. The summed E-state index contributed by atoms with van der Waals surface area (Å²) in [5, 5.41) is 4.32. The van der Waals surface area contributed by atoms with Crippen LogP contribution in [0.5, 0.6) is 0 Å². The Morgan fingerprint density at radius 3 is 2.52 bits per heavy atom. The summed E-state index contributed by atoms with van der Waals surface area (Å²) in [5.74, 6) is 0.233. The van der Waals surface area contributed by atoms with Crippen molar-refractivity contribution in [1.29, 1.82) is 0 Å². The Hall–Kier alpha value is -2.43. The van der Waals surface area contributed by atoms with Crippen LogP contribution in [-0.2, 0) is 9.53 Å². The molecule has 1 heterocycles. The molecule has 0 amide bonds. The summed E-state index contributed by atoms with van der Waals surface area (Å²) in [6.45, 7) is 7.68. The third-order valence-corrected chi connectivity index (χ3v) is 2.70. The minimum atomic E-state index is -0.395. The summed E-state index contributed by atoms with van der Waals surface area (Å²) < 4.78 is 6.50. The molecule has 2 aromatic rings. The van der Waals surface area contributed by atoms with E-state index in [0.717, 1.165) is 16.7 Å². The summed E-state index contributed by atoms with van der Waals surface area (Å²) in [6, 6.07) is 6.16. The van der Waals surface area contributed by atoms with E-state index in [-0.39, 0.29) is 6.10 Å². The molecule has 1 aromatic heterocycles. The molecular weight excluding hydrogens is 266 g/mol. The van der Waals surface area contributed by atoms with E-state index >= 15 is 0 Å². The summed E-state index contributed by atoms with van der Waals surface area (Å²) >= 11 is 0. The molecule has 0 radical (unpaired) electrons. The average molecular weight is 285 g/mol. The summed E-state index contributed by atoms with van der Waals surface area (Å²) in [4.78, 5) is 15.7. The Labute approximate surface area is 124 Å². The highest BCUT2D eigenvalue weighted by Gasteiger charge is 2.05. The maximum Gasteiger partial charge on any atom is 0.332 e. The number of carbonyl (C=O) groups is 1. The number of aromatic nitrogens is 3. The highest BCUT2D eigenvalue weighted by atomic mass is 16.5. The van der Waals surface area contributed by atoms with Crippen LogP contribution < -0.4 is 0 Å². The highest BCUT2D eigenvalue weighted by Crippen LogP contribution is 2.18. The molecule has 0 aliphatic carbocycles. The smallest absolute Gasteiger partial charge is 0.332 e. The number of benzene rings is 1. The number of esters is 1. The van der Waals surface area contributed by atoms with Gasteiger partial charge in [0.2, 0.25) is 0 Å². The highest BCUT2D eigenvalue weighted by molar-refractivity contribution is 5.85. The van der Waals surface area contributed by atoms with E-state index in [2.05, 4.69) is 16.1 Å². The van der Waals surface area contributed by atoms with Gasteiger partial charge in [-0.3, -0.25) is 0 Å². The number of carbonyl (C=O) groups excluding carboxylic acids is 1. The lowest BCUT2D eigenvalue weighted by molar-refractivity contribution is -0.141. The van der Waals surface area contributed by atoms with Crippen molar-refractivity contribution in [3.8, 4) is 11.4 Å². The third kappa shape index (κ3) is 4.27. The SMILES string of the molecule is Cc1cc(C)cc(-c2ncn(/C=C/C(=O)OC(C)C)n2)c1. The molecule has 2 rings (SSSR count). The van der Waals surface area contributed by atoms with Gasteiger partial charge >= 0.3 is 5.97 Å². The Balaban J connectivity index is 2.14. The topological polar surface area (TPSA) is 57.0 Å². The zero-order valence-electron chi connectivity index (χ0n) is 12.7. The van der Waals surface area contributed by atoms with Crippen LogP contribution in [-0.4, -0.2) is 26.8 Å². The zero-order chi connectivity index (χ0) is 15.4. The first-order chi connectivity index (χ1) is 9.94. The Kier molecular flexibility index (Phi) is 4.52. The van der Waals surface area contributed by atoms with Crippen molar-refractivity contribution in [1.82, 2.24) is 14.8 Å². The quantitative estimate of drug-likeness (QED) is 0.640. The lowest BCUT2D eigenvalue weighted by Gasteiger charge is -2.03. The fourth-order valence-electron chi connectivity index (χ4n) is 1.99. The number of hydrogen-bond acceptors (Lipinski definition) is 4. The van der Waals surface area contributed by atoms with E-state index in [9.17, 15) is 4.79 Å². The number of hydrogen-bond donors (Lipinski definition) is 0. The molecule has 0 spiro atoms. The van der Waals surface area contributed by atoms with Gasteiger partial charge in [0.05, 0.1) is 6.10 Å². The number of nitrogens with zero attached hydrogens (tertiary/aromatic N) is 3. The lowest BCUT2D eigenvalue weighted by atomic mass is 10.1. The van der Waals surface area contributed by atoms with Crippen molar-refractivity contribution < 1.29 is 9.53 Å². The van der Waals surface area contributed by atoms with Crippen molar-refractivity contribution in [3.05, 3.63) is 41.7 Å². The normalized spacial score (nSPS) is 11.3. The van der Waals surface area contributed by atoms with Crippen molar-refractivity contribution in [3.63, 3.8) is 0 Å². The standard InChI is InChI=1S/C16H19N3O2/c1-11(2)21-15(20)5-6-19-10-17-16(18-19)14-8-12(3)7-13(4)9-14/h5-11H,1-4H3/b6-5+. The van der Waals surface area contributed by atoms with Crippen LogP contribution >= 0.6 is 0 Å². The molecular formula is C16H19N3O2. The maximum absolute atomic E-state index is 11.4. The molecule has 0 unspecified atom stereocenters. The van der Waals surface area contributed by atoms with Gasteiger partial charge in [0, 0.05) is 17.8 Å². The Morgan fingerprint density at radius 2 is 1.90 bits per heavy atom. The van der Waals surface area contributed by atoms with E-state index in [4.69, 9.17) is 4.74 Å². The molecule has 0 fully saturated rings. The summed E-state index contributed by atoms with van der Waals surface area (Å²) in [6.07, 6.45) is 4.29. The lowest BCUT2D eigenvalue weighted by Crippen LogP contribution is -2.08. The van der Waals surface area contributed by atoms with Gasteiger partial charge in [0.15, 0.2) is 5.82 Å². The maximum atomic E-state index is 11.4. The van der Waals surface area contributed by atoms with Gasteiger partial charge in [-0.2, -0.15) is 0 Å². The number of aryl methyl sites for hydroxylation is 2. The summed E-state index contributed by atoms with van der Waals surface area (Å²) in [7, 11) is 0. The van der Waals surface area contributed by atoms with Crippen LogP contribution in [0, 0.1) is 13.8 Å². The first-order valence-corrected chi connectivity index (χ1v) is 6.82. The Bertz CT molecular complexity index is 652. The second-order valence-corrected chi connectivity index (χ2v) is 5.23. The second-order valence-electron chi connectivity index (χ2n) is 5.23. The van der Waals surface area contributed by atoms with Crippen molar-refractivity contribution in [2.75, 3.05) is 0 Å². The zero-order valence-corrected chi connectivity index (χ0v) is 12.7. The van der Waals surface area contributed by atoms with Gasteiger partial charge in [-0.15, -0.1) is 5.10 Å². The van der Waals surface area contributed by atoms with E-state index in [0.29, 0.717) is 5.82 Å². The van der Waals surface area contributed by atoms with Crippen molar-refractivity contribution in [2.45, 2.75) is 33.8 Å². The number of rotatable bonds is 4. The van der Waals surface area contributed by atoms with Crippen molar-refractivity contribution in [2.24, 2.45) is 0 Å². The van der Waals surface area contributed by atoms with E-state index in [1.807, 2.05) is 26.0 Å². The van der Waals surface area contributed by atoms with Gasteiger partial charge in [-0.05, 0) is 39.8 Å². The van der Waals surface area contributed by atoms with E-state index in [1.54, 1.807) is 20.2 Å². The molecule has 0 atom stereocenters. The average Bonchev–Trinajstić information content (AvgIpc) is 2.83. The van der Waals surface area contributed by atoms with Crippen LogP contribution in [0.15, 0.2) is 30.6 Å². The molecule has 0 saturated heterocycles. The molecule has 5 nitrogen and oxygen atoms in total. The molecule has 21 heavy (non-hydrogen) atoms. The largest absolute Gasteiger partial charge is 0.460 e. The van der Waals surface area contributed by atoms with Crippen LogP contribution in [0.1, 0.15) is 25.0 Å². The fraction of sp³-hybridized carbons (Fsp3) is 0.312. The predicted octanol–water partition coefficient (Wildman–Crippen LogP) is 2.98. The molecule has 5 heteroatoms. The third-order valence-electron chi connectivity index (χ3n) is 2.70. The minimum Gasteiger partial charge on any atom is -0.460 e.